The first kappa shape index (κ1) is 19.6. The van der Waals surface area contributed by atoms with Gasteiger partial charge in [-0.15, -0.1) is 0 Å². The second kappa shape index (κ2) is 8.12. The van der Waals surface area contributed by atoms with Gasteiger partial charge >= 0.3 is 0 Å². The van der Waals surface area contributed by atoms with Gasteiger partial charge in [-0.25, -0.2) is 0 Å². The van der Waals surface area contributed by atoms with Gasteiger partial charge in [0.15, 0.2) is 16.6 Å². The monoisotopic (exact) mass is 320 g/mol. The van der Waals surface area contributed by atoms with Crippen molar-refractivity contribution < 1.29 is 9.22 Å². The Morgan fingerprint density at radius 1 is 0.947 bits per heavy atom. The summed E-state index contributed by atoms with van der Waals surface area (Å²) in [5.41, 5.74) is 0. The quantitative estimate of drug-likeness (QED) is 0.488. The van der Waals surface area contributed by atoms with E-state index in [1.807, 2.05) is 13.1 Å². The van der Waals surface area contributed by atoms with Crippen molar-refractivity contribution in [3.8, 4) is 0 Å². The van der Waals surface area contributed by atoms with Gasteiger partial charge in [0.2, 0.25) is 0 Å². The Bertz CT molecular complexity index is 242. The lowest BCUT2D eigenvalue weighted by Gasteiger charge is -2.33. The zero-order valence-corrected chi connectivity index (χ0v) is 17.7. The van der Waals surface area contributed by atoms with Gasteiger partial charge in [-0.3, -0.25) is 0 Å². The molecule has 0 aromatic carbocycles. The van der Waals surface area contributed by atoms with Crippen LogP contribution in [0, 0.1) is 0 Å². The first-order valence-corrected chi connectivity index (χ1v) is 16.1. The third-order valence-corrected chi connectivity index (χ3v) is 8.38. The Morgan fingerprint density at radius 3 is 1.95 bits per heavy atom. The van der Waals surface area contributed by atoms with Crippen molar-refractivity contribution >= 4 is 26.2 Å². The summed E-state index contributed by atoms with van der Waals surface area (Å²) in [5.74, 6) is 0. The molecule has 0 saturated carbocycles. The summed E-state index contributed by atoms with van der Waals surface area (Å²) in [6.45, 7) is 15.5. The van der Waals surface area contributed by atoms with Crippen molar-refractivity contribution in [2.75, 3.05) is 0 Å². The standard InChI is InChI=1S/C14H36O2Si3/c1-14(2,16-18(3,4)5)17-12-10-8-9-11-13-19(6,7)15/h15H,8-13,17H2,1-7H3. The molecule has 0 spiro atoms. The molecule has 0 aliphatic carbocycles. The normalized spacial score (nSPS) is 14.5. The minimum atomic E-state index is -1.79. The molecule has 0 unspecified atom stereocenters. The zero-order valence-electron chi connectivity index (χ0n) is 14.3. The summed E-state index contributed by atoms with van der Waals surface area (Å²) >= 11 is 0. The van der Waals surface area contributed by atoms with Crippen LogP contribution in [0.3, 0.4) is 0 Å². The van der Waals surface area contributed by atoms with Crippen molar-refractivity contribution in [1.82, 2.24) is 0 Å². The molecule has 0 aliphatic heterocycles. The Kier molecular flexibility index (Phi) is 8.36. The van der Waals surface area contributed by atoms with Crippen molar-refractivity contribution in [2.45, 2.75) is 89.6 Å². The molecule has 0 atom stereocenters. The SMILES string of the molecule is CC(C)(O[Si](C)(C)C)[SiH2]CCCCCC[Si](C)(C)O. The van der Waals surface area contributed by atoms with Gasteiger partial charge in [0.1, 0.15) is 0 Å². The summed E-state index contributed by atoms with van der Waals surface area (Å²) < 4.78 is 6.27. The summed E-state index contributed by atoms with van der Waals surface area (Å²) in [6.07, 6.45) is 5.20. The molecule has 0 fully saturated rings. The van der Waals surface area contributed by atoms with Gasteiger partial charge in [-0.2, -0.15) is 0 Å². The third-order valence-electron chi connectivity index (χ3n) is 3.15. The summed E-state index contributed by atoms with van der Waals surface area (Å²) in [6, 6.07) is 2.46. The second-order valence-electron chi connectivity index (χ2n) is 8.05. The van der Waals surface area contributed by atoms with E-state index in [9.17, 15) is 4.80 Å². The van der Waals surface area contributed by atoms with Gasteiger partial charge in [-0.05, 0) is 52.6 Å². The molecule has 0 heterocycles. The van der Waals surface area contributed by atoms with Crippen molar-refractivity contribution in [3.05, 3.63) is 0 Å². The fraction of sp³-hybridized carbons (Fsp3) is 1.00. The molecule has 0 bridgehead atoms. The van der Waals surface area contributed by atoms with E-state index in [2.05, 4.69) is 33.5 Å². The highest BCUT2D eigenvalue weighted by Crippen LogP contribution is 2.19. The van der Waals surface area contributed by atoms with Crippen molar-refractivity contribution in [3.63, 3.8) is 0 Å². The van der Waals surface area contributed by atoms with E-state index >= 15 is 0 Å². The Morgan fingerprint density at radius 2 is 1.47 bits per heavy atom. The van der Waals surface area contributed by atoms with Gasteiger partial charge in [0.05, 0.1) is 9.52 Å². The fourth-order valence-electron chi connectivity index (χ4n) is 2.52. The maximum absolute atomic E-state index is 9.77. The second-order valence-corrected chi connectivity index (χ2v) is 19.5. The number of rotatable bonds is 10. The molecule has 0 aromatic heterocycles. The Hall–Kier alpha value is 0.571. The first-order valence-electron chi connectivity index (χ1n) is 7.84. The highest BCUT2D eigenvalue weighted by atomic mass is 28.4. The minimum absolute atomic E-state index is 0.130. The lowest BCUT2D eigenvalue weighted by atomic mass is 10.2. The Balaban J connectivity index is 3.59. The highest BCUT2D eigenvalue weighted by molar-refractivity contribution is 6.70. The van der Waals surface area contributed by atoms with E-state index in [1.165, 1.54) is 31.7 Å². The molecule has 0 aromatic rings. The maximum atomic E-state index is 9.77. The summed E-state index contributed by atoms with van der Waals surface area (Å²) in [7, 11) is -3.30. The predicted molar refractivity (Wildman–Crippen MR) is 94.8 cm³/mol. The molecular weight excluding hydrogens is 284 g/mol. The lowest BCUT2D eigenvalue weighted by Crippen LogP contribution is -2.42. The minimum Gasteiger partial charge on any atom is -0.432 e. The molecule has 2 nitrogen and oxygen atoms in total. The molecule has 19 heavy (non-hydrogen) atoms. The Labute approximate surface area is 125 Å². The van der Waals surface area contributed by atoms with E-state index in [-0.39, 0.29) is 14.7 Å². The lowest BCUT2D eigenvalue weighted by molar-refractivity contribution is 0.185. The molecule has 1 N–H and O–H groups in total. The average Bonchev–Trinajstić information content (AvgIpc) is 2.10. The van der Waals surface area contributed by atoms with Crippen LogP contribution in [-0.2, 0) is 4.43 Å². The van der Waals surface area contributed by atoms with E-state index in [0.717, 1.165) is 6.04 Å². The van der Waals surface area contributed by atoms with Crippen LogP contribution in [0.15, 0.2) is 0 Å². The average molecular weight is 321 g/mol. The van der Waals surface area contributed by atoms with Gasteiger partial charge in [0.25, 0.3) is 0 Å². The molecule has 5 heteroatoms. The zero-order chi connectivity index (χ0) is 15.2. The van der Waals surface area contributed by atoms with Crippen LogP contribution in [0.2, 0.25) is 44.8 Å². The molecular formula is C14H36O2Si3. The molecule has 0 saturated heterocycles. The maximum Gasteiger partial charge on any atom is 0.183 e. The number of hydrogen-bond acceptors (Lipinski definition) is 2. The van der Waals surface area contributed by atoms with Crippen molar-refractivity contribution in [2.24, 2.45) is 0 Å². The molecule has 0 aliphatic rings. The van der Waals surface area contributed by atoms with Crippen LogP contribution >= 0.6 is 0 Å². The molecule has 116 valence electrons. The number of hydrogen-bond donors (Lipinski definition) is 1. The van der Waals surface area contributed by atoms with E-state index in [0.29, 0.717) is 0 Å². The summed E-state index contributed by atoms with van der Waals surface area (Å²) in [4.78, 5) is 9.77. The van der Waals surface area contributed by atoms with Crippen LogP contribution in [0.25, 0.3) is 0 Å². The molecule has 0 amide bonds. The van der Waals surface area contributed by atoms with Gasteiger partial charge < -0.3 is 9.22 Å². The largest absolute Gasteiger partial charge is 0.432 e. The van der Waals surface area contributed by atoms with Gasteiger partial charge in [-0.1, -0.05) is 31.7 Å². The van der Waals surface area contributed by atoms with Crippen LogP contribution in [0.4, 0.5) is 0 Å². The van der Waals surface area contributed by atoms with Crippen LogP contribution in [0.5, 0.6) is 0 Å². The van der Waals surface area contributed by atoms with Crippen LogP contribution in [-0.4, -0.2) is 36.2 Å². The van der Waals surface area contributed by atoms with E-state index in [1.54, 1.807) is 0 Å². The van der Waals surface area contributed by atoms with Gasteiger partial charge in [0, 0.05) is 5.22 Å². The van der Waals surface area contributed by atoms with Crippen molar-refractivity contribution in [1.29, 1.82) is 0 Å². The number of unbranched alkanes of at least 4 members (excludes halogenated alkanes) is 3. The molecule has 0 radical (unpaired) electrons. The van der Waals surface area contributed by atoms with E-state index in [4.69, 9.17) is 4.43 Å². The third kappa shape index (κ3) is 14.8. The topological polar surface area (TPSA) is 29.5 Å². The van der Waals surface area contributed by atoms with Crippen LogP contribution < -0.4 is 0 Å². The fourth-order valence-corrected chi connectivity index (χ4v) is 8.45. The van der Waals surface area contributed by atoms with Crippen LogP contribution in [0.1, 0.15) is 39.5 Å². The molecule has 0 rings (SSSR count). The van der Waals surface area contributed by atoms with E-state index < -0.39 is 16.6 Å². The smallest absolute Gasteiger partial charge is 0.183 e. The highest BCUT2D eigenvalue weighted by Gasteiger charge is 2.26. The predicted octanol–water partition coefficient (Wildman–Crippen LogP) is 3.92. The first-order chi connectivity index (χ1) is 8.41. The summed E-state index contributed by atoms with van der Waals surface area (Å²) in [5, 5.41) is 0.185.